The van der Waals surface area contributed by atoms with Crippen molar-refractivity contribution in [2.75, 3.05) is 52.5 Å². The Balaban J connectivity index is 0.00000353. The molecule has 2 aliphatic rings. The van der Waals surface area contributed by atoms with Gasteiger partial charge in [0.15, 0.2) is 0 Å². The maximum atomic E-state index is 12.1. The van der Waals surface area contributed by atoms with Crippen LogP contribution in [0.25, 0.3) is 20.5 Å². The number of thiophene rings is 1. The summed E-state index contributed by atoms with van der Waals surface area (Å²) in [7, 11) is 0. The molecule has 2 saturated heterocycles. The largest absolute Gasteiger partial charge is 1.00 e. The molecule has 0 amide bonds. The summed E-state index contributed by atoms with van der Waals surface area (Å²) in [6.07, 6.45) is 5.75. The second-order valence-electron chi connectivity index (χ2n) is 11.0. The molecule has 214 valence electrons. The minimum atomic E-state index is -1.22. The number of aromatic carboxylic acids is 1. The van der Waals surface area contributed by atoms with Gasteiger partial charge in [-0.2, -0.15) is 0 Å². The van der Waals surface area contributed by atoms with Crippen molar-refractivity contribution in [1.29, 1.82) is 0 Å². The van der Waals surface area contributed by atoms with Gasteiger partial charge in [0.05, 0.1) is 5.97 Å². The molecule has 0 unspecified atom stereocenters. The van der Waals surface area contributed by atoms with E-state index in [4.69, 9.17) is 9.47 Å². The molecule has 0 radical (unpaired) electrons. The third kappa shape index (κ3) is 7.57. The Morgan fingerprint density at radius 2 is 1.45 bits per heavy atom. The maximum Gasteiger partial charge on any atom is 1.00 e. The van der Waals surface area contributed by atoms with E-state index < -0.39 is 5.97 Å². The molecule has 0 spiro atoms. The molecular weight excluding hydrogens is 555 g/mol. The fraction of sp³-hybridized carbons (Fsp3) is 0.382. The first kappa shape index (κ1) is 31.0. The van der Waals surface area contributed by atoms with Crippen LogP contribution in [0.1, 0.15) is 47.2 Å². The van der Waals surface area contributed by atoms with Crippen LogP contribution in [0.4, 0.5) is 0 Å². The first-order chi connectivity index (χ1) is 20.1. The number of fused-ring (bicyclic) bond motifs is 1. The van der Waals surface area contributed by atoms with E-state index in [2.05, 4.69) is 52.3 Å². The van der Waals surface area contributed by atoms with E-state index in [1.807, 2.05) is 12.1 Å². The van der Waals surface area contributed by atoms with Crippen molar-refractivity contribution >= 4 is 27.4 Å². The van der Waals surface area contributed by atoms with Crippen LogP contribution in [0.15, 0.2) is 66.7 Å². The molecule has 3 heterocycles. The van der Waals surface area contributed by atoms with Gasteiger partial charge in [0, 0.05) is 28.2 Å². The van der Waals surface area contributed by atoms with Crippen LogP contribution in [-0.2, 0) is 6.42 Å². The van der Waals surface area contributed by atoms with Gasteiger partial charge >= 0.3 is 29.6 Å². The summed E-state index contributed by atoms with van der Waals surface area (Å²) in [5.41, 5.74) is 3.35. The summed E-state index contributed by atoms with van der Waals surface area (Å²) < 4.78 is 13.1. The zero-order valence-electron chi connectivity index (χ0n) is 24.5. The Bertz CT molecular complexity index is 1480. The van der Waals surface area contributed by atoms with Crippen LogP contribution in [0.3, 0.4) is 0 Å². The summed E-state index contributed by atoms with van der Waals surface area (Å²) in [5, 5.41) is 13.3. The number of likely N-dealkylation sites (tertiary alicyclic amines) is 2. The van der Waals surface area contributed by atoms with Gasteiger partial charge in [-0.3, -0.25) is 9.80 Å². The minimum Gasteiger partial charge on any atom is -0.545 e. The Labute approximate surface area is 274 Å². The fourth-order valence-electron chi connectivity index (χ4n) is 5.96. The van der Waals surface area contributed by atoms with E-state index in [9.17, 15) is 9.90 Å². The predicted octanol–water partition coefficient (Wildman–Crippen LogP) is 2.48. The average molecular weight is 593 g/mol. The van der Waals surface area contributed by atoms with Gasteiger partial charge in [0.1, 0.15) is 24.7 Å². The molecule has 0 aliphatic carbocycles. The molecule has 0 bridgehead atoms. The molecule has 4 aromatic rings. The number of carboxylic acid groups (broad SMARTS) is 1. The van der Waals surface area contributed by atoms with E-state index >= 15 is 0 Å². The number of carbonyl (C=O) groups excluding carboxylic acids is 1. The van der Waals surface area contributed by atoms with Gasteiger partial charge in [-0.15, -0.1) is 11.3 Å². The molecular formula is C34H37N2NaO4S. The van der Waals surface area contributed by atoms with E-state index in [1.54, 1.807) is 23.5 Å². The first-order valence-corrected chi connectivity index (χ1v) is 15.6. The van der Waals surface area contributed by atoms with Gasteiger partial charge in [-0.25, -0.2) is 0 Å². The van der Waals surface area contributed by atoms with Crippen molar-refractivity contribution in [2.24, 2.45) is 0 Å². The summed E-state index contributed by atoms with van der Waals surface area (Å²) in [6.45, 7) is 7.47. The van der Waals surface area contributed by atoms with Crippen molar-refractivity contribution in [1.82, 2.24) is 9.80 Å². The Hall–Kier alpha value is -2.39. The van der Waals surface area contributed by atoms with Crippen LogP contribution in [0, 0.1) is 0 Å². The van der Waals surface area contributed by atoms with Crippen LogP contribution in [-0.4, -0.2) is 68.3 Å². The minimum absolute atomic E-state index is 0. The third-order valence-corrected chi connectivity index (χ3v) is 9.47. The molecule has 1 aromatic heterocycles. The summed E-state index contributed by atoms with van der Waals surface area (Å²) in [6, 6.07) is 22.2. The molecule has 8 heteroatoms. The van der Waals surface area contributed by atoms with Gasteiger partial charge in [-0.05, 0) is 117 Å². The number of ether oxygens (including phenoxy) is 2. The SMILES string of the molecule is O=C([O-])c1cc(-c2sc3ccccc3c2Cc2ccc(OCCN3CCCC3)cc2)ccc1OCCN1CCCC1.[Na+]. The summed E-state index contributed by atoms with van der Waals surface area (Å²) >= 11 is 1.69. The topological polar surface area (TPSA) is 65.1 Å². The Morgan fingerprint density at radius 3 is 2.12 bits per heavy atom. The monoisotopic (exact) mass is 592 g/mol. The summed E-state index contributed by atoms with van der Waals surface area (Å²) in [4.78, 5) is 18.0. The average Bonchev–Trinajstić information content (AvgIpc) is 3.77. The number of benzene rings is 3. The molecule has 3 aromatic carbocycles. The van der Waals surface area contributed by atoms with Gasteiger partial charge in [0.25, 0.3) is 0 Å². The molecule has 0 N–H and O–H groups in total. The van der Waals surface area contributed by atoms with Gasteiger partial charge in [0.2, 0.25) is 0 Å². The number of nitrogens with zero attached hydrogens (tertiary/aromatic N) is 2. The Kier molecular flexibility index (Phi) is 11.0. The van der Waals surface area contributed by atoms with Crippen LogP contribution < -0.4 is 44.1 Å². The van der Waals surface area contributed by atoms with Crippen molar-refractivity contribution in [2.45, 2.75) is 32.1 Å². The number of carbonyl (C=O) groups is 1. The molecule has 2 aliphatic heterocycles. The molecule has 6 rings (SSSR count). The molecule has 42 heavy (non-hydrogen) atoms. The molecule has 6 nitrogen and oxygen atoms in total. The first-order valence-electron chi connectivity index (χ1n) is 14.8. The van der Waals surface area contributed by atoms with Crippen molar-refractivity contribution < 1.29 is 48.9 Å². The maximum absolute atomic E-state index is 12.1. The second-order valence-corrected chi connectivity index (χ2v) is 12.1. The van der Waals surface area contributed by atoms with E-state index in [-0.39, 0.29) is 35.1 Å². The van der Waals surface area contributed by atoms with Crippen molar-refractivity contribution in [3.05, 3.63) is 83.4 Å². The second kappa shape index (κ2) is 14.9. The van der Waals surface area contributed by atoms with Crippen molar-refractivity contribution in [3.63, 3.8) is 0 Å². The number of hydrogen-bond donors (Lipinski definition) is 0. The molecule has 0 atom stereocenters. The van der Waals surface area contributed by atoms with Crippen molar-refractivity contribution in [3.8, 4) is 21.9 Å². The zero-order chi connectivity index (χ0) is 28.0. The van der Waals surface area contributed by atoms with Crippen LogP contribution in [0.2, 0.25) is 0 Å². The predicted molar refractivity (Wildman–Crippen MR) is 163 cm³/mol. The van der Waals surface area contributed by atoms with E-state index in [1.165, 1.54) is 60.0 Å². The van der Waals surface area contributed by atoms with E-state index in [0.717, 1.165) is 48.8 Å². The standard InChI is InChI=1S/C34H38N2O4S.Na/c37-34(38)30-24-26(11-14-31(30)40-22-20-36-17-5-6-18-36)33-29(28-7-1-2-8-32(28)41-33)23-25-9-12-27(13-10-25)39-21-19-35-15-3-4-16-35;/h1-2,7-14,24H,3-6,15-23H2,(H,37,38);/q;+1/p-1. The quantitative estimate of drug-likeness (QED) is 0.236. The number of hydrogen-bond acceptors (Lipinski definition) is 7. The zero-order valence-corrected chi connectivity index (χ0v) is 27.3. The molecule has 0 saturated carbocycles. The summed E-state index contributed by atoms with van der Waals surface area (Å²) in [5.74, 6) is 0.0456. The van der Waals surface area contributed by atoms with Gasteiger partial charge < -0.3 is 19.4 Å². The number of rotatable bonds is 12. The van der Waals surface area contributed by atoms with E-state index in [0.29, 0.717) is 19.0 Å². The van der Waals surface area contributed by atoms with Crippen LogP contribution >= 0.6 is 11.3 Å². The Morgan fingerprint density at radius 1 is 0.810 bits per heavy atom. The normalized spacial score (nSPS) is 15.6. The fourth-order valence-corrected chi connectivity index (χ4v) is 7.18. The number of carboxylic acids is 1. The third-order valence-electron chi connectivity index (χ3n) is 8.20. The van der Waals surface area contributed by atoms with Crippen LogP contribution in [0.5, 0.6) is 11.5 Å². The smallest absolute Gasteiger partial charge is 0.545 e. The van der Waals surface area contributed by atoms with Gasteiger partial charge in [-0.1, -0.05) is 30.3 Å². The molecule has 2 fully saturated rings.